The van der Waals surface area contributed by atoms with Gasteiger partial charge >= 0.3 is 0 Å². The second-order valence-corrected chi connectivity index (χ2v) is 11.0. The number of carbonyl (C=O) groups is 3. The summed E-state index contributed by atoms with van der Waals surface area (Å²) >= 11 is 0. The molecular formula is C30H27N15O3. The monoisotopic (exact) mass is 645 g/mol. The van der Waals surface area contributed by atoms with E-state index in [0.29, 0.717) is 34.2 Å². The van der Waals surface area contributed by atoms with Crippen LogP contribution in [-0.2, 0) is 14.4 Å². The highest BCUT2D eigenvalue weighted by atomic mass is 16.2. The molecule has 0 aromatic carbocycles. The molecule has 7 heterocycles. The van der Waals surface area contributed by atoms with Gasteiger partial charge in [0.05, 0.1) is 35.7 Å². The van der Waals surface area contributed by atoms with Gasteiger partial charge in [0, 0.05) is 0 Å². The molecule has 3 amide bonds. The maximum atomic E-state index is 13.2. The number of anilines is 3. The molecule has 0 saturated heterocycles. The lowest BCUT2D eigenvalue weighted by Crippen LogP contribution is -2.24. The van der Waals surface area contributed by atoms with Gasteiger partial charge in [0.2, 0.25) is 17.7 Å². The van der Waals surface area contributed by atoms with Crippen molar-refractivity contribution in [2.24, 2.45) is 0 Å². The van der Waals surface area contributed by atoms with Gasteiger partial charge in [-0.1, -0.05) is 33.8 Å². The Morgan fingerprint density at radius 3 is 1.04 bits per heavy atom. The van der Waals surface area contributed by atoms with Crippen LogP contribution in [0.2, 0.25) is 0 Å². The van der Waals surface area contributed by atoms with E-state index in [1.807, 2.05) is 0 Å². The molecule has 3 N–H and O–H groups in total. The summed E-state index contributed by atoms with van der Waals surface area (Å²) < 4.78 is 4.21. The average Bonchev–Trinajstić information content (AvgIpc) is 3.89. The molecule has 0 fully saturated rings. The van der Waals surface area contributed by atoms with Gasteiger partial charge in [-0.15, -0.1) is 15.3 Å². The van der Waals surface area contributed by atoms with E-state index in [2.05, 4.69) is 61.8 Å². The number of carbonyl (C=O) groups excluding carboxylic acids is 3. The van der Waals surface area contributed by atoms with E-state index in [1.54, 1.807) is 94.0 Å². The molecule has 1 aliphatic rings. The van der Waals surface area contributed by atoms with E-state index in [4.69, 9.17) is 0 Å². The van der Waals surface area contributed by atoms with Crippen LogP contribution in [0.25, 0.3) is 34.2 Å². The molecule has 12 bridgehead atoms. The van der Waals surface area contributed by atoms with Crippen LogP contribution < -0.4 is 16.0 Å². The predicted octanol–water partition coefficient (Wildman–Crippen LogP) is 2.56. The highest BCUT2D eigenvalue weighted by Gasteiger charge is 2.22. The summed E-state index contributed by atoms with van der Waals surface area (Å²) in [7, 11) is 0. The van der Waals surface area contributed by atoms with Crippen molar-refractivity contribution in [3.8, 4) is 34.2 Å². The molecule has 0 radical (unpaired) electrons. The zero-order valence-electron chi connectivity index (χ0n) is 25.8. The summed E-state index contributed by atoms with van der Waals surface area (Å²) in [4.78, 5) is 53.0. The number of aromatic nitrogens is 12. The number of amides is 3. The van der Waals surface area contributed by atoms with Crippen molar-refractivity contribution in [2.75, 3.05) is 16.0 Å². The summed E-state index contributed by atoms with van der Waals surface area (Å²) in [5, 5.41) is 33.3. The van der Waals surface area contributed by atoms with Gasteiger partial charge in [0.15, 0.2) is 0 Å². The van der Waals surface area contributed by atoms with Crippen molar-refractivity contribution in [2.45, 2.75) is 38.9 Å². The molecule has 0 spiro atoms. The molecule has 18 nitrogen and oxygen atoms in total. The van der Waals surface area contributed by atoms with E-state index in [9.17, 15) is 14.4 Å². The van der Waals surface area contributed by atoms with Crippen LogP contribution in [-0.4, -0.2) is 77.7 Å². The second-order valence-electron chi connectivity index (χ2n) is 11.0. The predicted molar refractivity (Wildman–Crippen MR) is 170 cm³/mol. The molecule has 3 unspecified atom stereocenters. The fraction of sp³-hybridized carbons (Fsp3) is 0.200. The van der Waals surface area contributed by atoms with Crippen molar-refractivity contribution in [3.63, 3.8) is 0 Å². The highest BCUT2D eigenvalue weighted by molar-refractivity contribution is 5.94. The molecule has 240 valence electrons. The Bertz CT molecular complexity index is 1930. The Morgan fingerprint density at radius 1 is 0.458 bits per heavy atom. The molecule has 6 aromatic heterocycles. The number of pyridine rings is 3. The van der Waals surface area contributed by atoms with E-state index < -0.39 is 18.1 Å². The topological polar surface area (TPSA) is 218 Å². The van der Waals surface area contributed by atoms with Gasteiger partial charge in [-0.25, -0.2) is 29.0 Å². The summed E-state index contributed by atoms with van der Waals surface area (Å²) in [5.41, 5.74) is 2.52. The molecule has 0 aliphatic carbocycles. The lowest BCUT2D eigenvalue weighted by molar-refractivity contribution is -0.119. The Labute approximate surface area is 271 Å². The van der Waals surface area contributed by atoms with Gasteiger partial charge in [-0.2, -0.15) is 0 Å². The Morgan fingerprint density at radius 2 is 0.750 bits per heavy atom. The Kier molecular flexibility index (Phi) is 7.64. The Balaban J connectivity index is 1.23. The van der Waals surface area contributed by atoms with Crippen molar-refractivity contribution in [1.29, 1.82) is 0 Å². The molecule has 7 rings (SSSR count). The largest absolute Gasteiger partial charge is 0.309 e. The third-order valence-corrected chi connectivity index (χ3v) is 7.65. The van der Waals surface area contributed by atoms with Gasteiger partial charge in [-0.05, 0) is 57.2 Å². The van der Waals surface area contributed by atoms with Gasteiger partial charge < -0.3 is 16.0 Å². The number of hydrogen-bond acceptors (Lipinski definition) is 12. The van der Waals surface area contributed by atoms with Crippen LogP contribution in [0.3, 0.4) is 0 Å². The van der Waals surface area contributed by atoms with Crippen LogP contribution >= 0.6 is 0 Å². The first-order valence-corrected chi connectivity index (χ1v) is 14.8. The molecule has 0 saturated carbocycles. The maximum absolute atomic E-state index is 13.2. The number of nitrogens with zero attached hydrogens (tertiary/aromatic N) is 12. The SMILES string of the molecule is CC1C(=O)Nc2cccc(n2)-c2cn(nn2)C(C)C(=O)Nc2cccc(n2)-c2cn(nn2)C(C)C(=O)Nc2cccc(n2)-c2cn1nn2. The van der Waals surface area contributed by atoms with Gasteiger partial charge in [-0.3, -0.25) is 14.4 Å². The van der Waals surface area contributed by atoms with Crippen LogP contribution in [0.15, 0.2) is 73.2 Å². The third-order valence-electron chi connectivity index (χ3n) is 7.65. The second kappa shape index (κ2) is 12.2. The minimum atomic E-state index is -0.759. The lowest BCUT2D eigenvalue weighted by atomic mass is 10.2. The maximum Gasteiger partial charge on any atom is 0.250 e. The minimum Gasteiger partial charge on any atom is -0.309 e. The first-order chi connectivity index (χ1) is 23.2. The fourth-order valence-electron chi connectivity index (χ4n) is 4.74. The Hall–Kier alpha value is -6.72. The highest BCUT2D eigenvalue weighted by Crippen LogP contribution is 2.23. The number of fused-ring (bicyclic) bond motifs is 15. The van der Waals surface area contributed by atoms with Crippen LogP contribution in [0.4, 0.5) is 17.5 Å². The smallest absolute Gasteiger partial charge is 0.250 e. The van der Waals surface area contributed by atoms with Crippen molar-refractivity contribution < 1.29 is 14.4 Å². The van der Waals surface area contributed by atoms with Gasteiger partial charge in [0.25, 0.3) is 0 Å². The third kappa shape index (κ3) is 5.96. The van der Waals surface area contributed by atoms with E-state index >= 15 is 0 Å². The molecule has 1 aliphatic heterocycles. The number of nitrogens with one attached hydrogen (secondary N) is 3. The number of hydrogen-bond donors (Lipinski definition) is 3. The molecule has 3 atom stereocenters. The van der Waals surface area contributed by atoms with E-state index in [0.717, 1.165) is 0 Å². The fourth-order valence-corrected chi connectivity index (χ4v) is 4.74. The zero-order valence-corrected chi connectivity index (χ0v) is 25.8. The van der Waals surface area contributed by atoms with Crippen LogP contribution in [0, 0.1) is 0 Å². The van der Waals surface area contributed by atoms with Crippen LogP contribution in [0.5, 0.6) is 0 Å². The lowest BCUT2D eigenvalue weighted by Gasteiger charge is -2.12. The zero-order chi connectivity index (χ0) is 33.4. The standard InChI is InChI=1S/C30H27N15O3/c1-16-28(46)34-25-10-4-8-20(31-25)23-14-44(41-38-23)18(3)30(48)36-27-12-6-9-21(33-27)24-15-45(42-39-24)17(2)29(47)35-26-11-5-7-19(32-26)22-13-43(16)40-37-22/h4-18H,1-3H3,(H,31,34,46)(H,32,35,47)(H,33,36,48). The van der Waals surface area contributed by atoms with Gasteiger partial charge in [0.1, 0.15) is 52.7 Å². The number of rotatable bonds is 0. The summed E-state index contributed by atoms with van der Waals surface area (Å²) in [6.45, 7) is 5.00. The molecule has 6 aromatic rings. The first-order valence-electron chi connectivity index (χ1n) is 14.8. The van der Waals surface area contributed by atoms with Crippen LogP contribution in [0.1, 0.15) is 38.9 Å². The van der Waals surface area contributed by atoms with Crippen molar-refractivity contribution in [3.05, 3.63) is 73.2 Å². The molecule has 18 heteroatoms. The van der Waals surface area contributed by atoms with Crippen molar-refractivity contribution >= 4 is 35.2 Å². The average molecular weight is 646 g/mol. The molecular weight excluding hydrogens is 618 g/mol. The van der Waals surface area contributed by atoms with E-state index in [1.165, 1.54) is 14.0 Å². The summed E-state index contributed by atoms with van der Waals surface area (Å²) in [6, 6.07) is 13.0. The molecule has 48 heavy (non-hydrogen) atoms. The van der Waals surface area contributed by atoms with E-state index in [-0.39, 0.29) is 35.2 Å². The quantitative estimate of drug-likeness (QED) is 0.217. The van der Waals surface area contributed by atoms with Crippen molar-refractivity contribution in [1.82, 2.24) is 59.9 Å². The summed E-state index contributed by atoms with van der Waals surface area (Å²) in [5.74, 6) is -0.315. The minimum absolute atomic E-state index is 0.285. The summed E-state index contributed by atoms with van der Waals surface area (Å²) in [6.07, 6.45) is 4.77. The normalized spacial score (nSPS) is 18.3. The first kappa shape index (κ1) is 30.0.